The fraction of sp³-hybridized carbons (Fsp3) is 0.444. The second kappa shape index (κ2) is 8.19. The first-order valence-electron chi connectivity index (χ1n) is 8.80. The van der Waals surface area contributed by atoms with Crippen LogP contribution in [0.15, 0.2) is 45.6 Å². The molecule has 0 saturated carbocycles. The zero-order valence-electron chi connectivity index (χ0n) is 15.4. The fourth-order valence-corrected chi connectivity index (χ4v) is 5.47. The van der Waals surface area contributed by atoms with Crippen molar-refractivity contribution in [3.63, 3.8) is 0 Å². The fourth-order valence-electron chi connectivity index (χ4n) is 3.29. The molecule has 0 amide bonds. The molecule has 1 fully saturated rings. The number of nitrogens with one attached hydrogen (secondary N) is 1. The van der Waals surface area contributed by atoms with Crippen LogP contribution in [-0.4, -0.2) is 44.1 Å². The van der Waals surface area contributed by atoms with Crippen LogP contribution >= 0.6 is 0 Å². The lowest BCUT2D eigenvalue weighted by Gasteiger charge is -2.38. The third-order valence-corrected chi connectivity index (χ3v) is 6.75. The van der Waals surface area contributed by atoms with Crippen LogP contribution in [0.1, 0.15) is 37.5 Å². The zero-order valence-corrected chi connectivity index (χ0v) is 16.2. The van der Waals surface area contributed by atoms with E-state index >= 15 is 0 Å². The number of ether oxygens (including phenoxy) is 2. The van der Waals surface area contributed by atoms with E-state index in [0.29, 0.717) is 0 Å². The zero-order chi connectivity index (χ0) is 20.3. The van der Waals surface area contributed by atoms with Crippen molar-refractivity contribution in [2.24, 2.45) is 0 Å². The van der Waals surface area contributed by atoms with Crippen molar-refractivity contribution in [2.45, 2.75) is 36.4 Å². The minimum atomic E-state index is -4.39. The summed E-state index contributed by atoms with van der Waals surface area (Å²) in [6, 6.07) is 4.10. The second-order valence-corrected chi connectivity index (χ2v) is 8.28. The first-order chi connectivity index (χ1) is 13.4. The van der Waals surface area contributed by atoms with Gasteiger partial charge in [0, 0.05) is 0 Å². The van der Waals surface area contributed by atoms with Gasteiger partial charge in [-0.2, -0.15) is 0 Å². The Labute approximate surface area is 161 Å². The van der Waals surface area contributed by atoms with Crippen molar-refractivity contribution in [2.75, 3.05) is 13.2 Å². The predicted molar refractivity (Wildman–Crippen MR) is 95.8 cm³/mol. The van der Waals surface area contributed by atoms with Gasteiger partial charge in [0.25, 0.3) is 0 Å². The van der Waals surface area contributed by atoms with Crippen molar-refractivity contribution < 1.29 is 36.3 Å². The molecular weight excluding hydrogens is 390 g/mol. The maximum atomic E-state index is 13.4. The van der Waals surface area contributed by atoms with E-state index in [-0.39, 0.29) is 24.7 Å². The number of sulfone groups is 1. The summed E-state index contributed by atoms with van der Waals surface area (Å²) in [7, 11) is -4.39. The Balaban J connectivity index is 2.13. The average Bonchev–Trinajstić information content (AvgIpc) is 3.34. The van der Waals surface area contributed by atoms with Crippen LogP contribution in [-0.2, 0) is 28.9 Å². The van der Waals surface area contributed by atoms with Crippen LogP contribution in [0.2, 0.25) is 0 Å². The summed E-state index contributed by atoms with van der Waals surface area (Å²) in [5, 5.41) is -0.338. The first kappa shape index (κ1) is 20.2. The van der Waals surface area contributed by atoms with Crippen molar-refractivity contribution in [1.82, 2.24) is 5.32 Å². The number of hydrogen-bond acceptors (Lipinski definition) is 9. The maximum absolute atomic E-state index is 13.4. The molecule has 1 saturated heterocycles. The van der Waals surface area contributed by atoms with E-state index in [1.807, 2.05) is 0 Å². The molecule has 4 unspecified atom stereocenters. The summed E-state index contributed by atoms with van der Waals surface area (Å²) in [5.74, 6) is -1.49. The Kier molecular flexibility index (Phi) is 5.90. The lowest BCUT2D eigenvalue weighted by atomic mass is 10.0. The van der Waals surface area contributed by atoms with Crippen LogP contribution < -0.4 is 5.32 Å². The van der Waals surface area contributed by atoms with Gasteiger partial charge in [0.05, 0.1) is 37.8 Å². The number of carbonyl (C=O) groups excluding carboxylic acids is 2. The highest BCUT2D eigenvalue weighted by Crippen LogP contribution is 2.39. The summed E-state index contributed by atoms with van der Waals surface area (Å²) in [5.41, 5.74) is 0. The lowest BCUT2D eigenvalue weighted by molar-refractivity contribution is -0.144. The van der Waals surface area contributed by atoms with Crippen LogP contribution in [0.25, 0.3) is 0 Å². The highest BCUT2D eigenvalue weighted by Gasteiger charge is 2.58. The molecule has 0 aromatic carbocycles. The van der Waals surface area contributed by atoms with E-state index in [1.54, 1.807) is 38.1 Å². The summed E-state index contributed by atoms with van der Waals surface area (Å²) in [6.45, 7) is 3.11. The third kappa shape index (κ3) is 3.57. The van der Waals surface area contributed by atoms with Crippen molar-refractivity contribution in [1.29, 1.82) is 0 Å². The second-order valence-electron chi connectivity index (χ2n) is 6.09. The molecule has 0 spiro atoms. The molecule has 2 aromatic rings. The molecule has 4 atom stereocenters. The molecule has 0 bridgehead atoms. The molecule has 1 aliphatic heterocycles. The molecule has 0 radical (unpaired) electrons. The largest absolute Gasteiger partial charge is 0.468 e. The van der Waals surface area contributed by atoms with E-state index < -0.39 is 44.4 Å². The standard InChI is InChI=1S/C18H21NO8S/c1-3-24-17(20)15-13(11-7-5-9-26-11)19-14(12-8-6-10-27-12)16(28(15,22)23)18(21)25-4-2/h5-10,13-16,19H,3-4H2,1-2H3. The molecule has 9 nitrogen and oxygen atoms in total. The summed E-state index contributed by atoms with van der Waals surface area (Å²) >= 11 is 0. The van der Waals surface area contributed by atoms with Gasteiger partial charge in [-0.15, -0.1) is 0 Å². The normalized spacial score (nSPS) is 26.5. The molecule has 3 heterocycles. The number of furan rings is 2. The van der Waals surface area contributed by atoms with Gasteiger partial charge in [0.15, 0.2) is 20.3 Å². The minimum absolute atomic E-state index is 0.0125. The Hall–Kier alpha value is -2.59. The van der Waals surface area contributed by atoms with Gasteiger partial charge >= 0.3 is 11.9 Å². The van der Waals surface area contributed by atoms with E-state index in [0.717, 1.165) is 0 Å². The Bertz CT molecular complexity index is 835. The van der Waals surface area contributed by atoms with Gasteiger partial charge in [-0.05, 0) is 38.1 Å². The highest BCUT2D eigenvalue weighted by atomic mass is 32.2. The minimum Gasteiger partial charge on any atom is -0.468 e. The molecule has 3 rings (SSSR count). The van der Waals surface area contributed by atoms with E-state index in [2.05, 4.69) is 5.32 Å². The molecular formula is C18H21NO8S. The average molecular weight is 411 g/mol. The van der Waals surface area contributed by atoms with Crippen LogP contribution in [0, 0.1) is 0 Å². The third-order valence-electron chi connectivity index (χ3n) is 4.41. The lowest BCUT2D eigenvalue weighted by Crippen LogP contribution is -2.59. The monoisotopic (exact) mass is 411 g/mol. The van der Waals surface area contributed by atoms with Crippen molar-refractivity contribution >= 4 is 21.8 Å². The number of rotatable bonds is 6. The van der Waals surface area contributed by atoms with Crippen molar-refractivity contribution in [3.8, 4) is 0 Å². The van der Waals surface area contributed by atoms with Gasteiger partial charge < -0.3 is 18.3 Å². The Morgan fingerprint density at radius 1 is 0.929 bits per heavy atom. The first-order valence-corrected chi connectivity index (χ1v) is 10.4. The van der Waals surface area contributed by atoms with Crippen molar-refractivity contribution in [3.05, 3.63) is 48.3 Å². The van der Waals surface area contributed by atoms with Gasteiger partial charge in [-0.3, -0.25) is 14.9 Å². The van der Waals surface area contributed by atoms with Crippen LogP contribution in [0.5, 0.6) is 0 Å². The van der Waals surface area contributed by atoms with Gasteiger partial charge in [-0.1, -0.05) is 0 Å². The van der Waals surface area contributed by atoms with Gasteiger partial charge in [-0.25, -0.2) is 8.42 Å². The summed E-state index contributed by atoms with van der Waals surface area (Å²) < 4.78 is 47.5. The predicted octanol–water partition coefficient (Wildman–Crippen LogP) is 1.54. The van der Waals surface area contributed by atoms with Gasteiger partial charge in [0.2, 0.25) is 0 Å². The topological polar surface area (TPSA) is 125 Å². The summed E-state index contributed by atoms with van der Waals surface area (Å²) in [6.07, 6.45) is 2.73. The van der Waals surface area contributed by atoms with Crippen LogP contribution in [0.3, 0.4) is 0 Å². The quantitative estimate of drug-likeness (QED) is 0.704. The molecule has 10 heteroatoms. The van der Waals surface area contributed by atoms with E-state index in [4.69, 9.17) is 18.3 Å². The number of hydrogen-bond donors (Lipinski definition) is 1. The molecule has 0 aliphatic carbocycles. The Morgan fingerprint density at radius 2 is 1.36 bits per heavy atom. The molecule has 152 valence electrons. The molecule has 2 aromatic heterocycles. The maximum Gasteiger partial charge on any atom is 0.326 e. The number of esters is 2. The van der Waals surface area contributed by atoms with Crippen LogP contribution in [0.4, 0.5) is 0 Å². The molecule has 1 N–H and O–H groups in total. The SMILES string of the molecule is CCOC(=O)C1C(c2ccco2)NC(c2ccco2)C(C(=O)OCC)S1(=O)=O. The van der Waals surface area contributed by atoms with E-state index in [9.17, 15) is 18.0 Å². The summed E-state index contributed by atoms with van der Waals surface area (Å²) in [4.78, 5) is 25.2. The highest BCUT2D eigenvalue weighted by molar-refractivity contribution is 7.94. The Morgan fingerprint density at radius 3 is 1.68 bits per heavy atom. The molecule has 28 heavy (non-hydrogen) atoms. The van der Waals surface area contributed by atoms with E-state index in [1.165, 1.54) is 12.5 Å². The van der Waals surface area contributed by atoms with Gasteiger partial charge in [0.1, 0.15) is 11.5 Å². The smallest absolute Gasteiger partial charge is 0.326 e. The molecule has 1 aliphatic rings. The number of carbonyl (C=O) groups is 2.